The van der Waals surface area contributed by atoms with Gasteiger partial charge in [-0.2, -0.15) is 5.26 Å². The van der Waals surface area contributed by atoms with Crippen LogP contribution in [0.1, 0.15) is 5.56 Å². The average molecular weight is 249 g/mol. The van der Waals surface area contributed by atoms with Crippen molar-refractivity contribution < 1.29 is 4.74 Å². The largest absolute Gasteiger partial charge is 0.497 e. The maximum atomic E-state index is 9.17. The van der Waals surface area contributed by atoms with Crippen LogP contribution in [0.5, 0.6) is 5.75 Å². The Kier molecular flexibility index (Phi) is 2.66. The molecule has 19 heavy (non-hydrogen) atoms. The molecular weight excluding hydrogens is 238 g/mol. The summed E-state index contributed by atoms with van der Waals surface area (Å²) in [5, 5.41) is 10.0. The maximum Gasteiger partial charge on any atom is 0.145 e. The van der Waals surface area contributed by atoms with Gasteiger partial charge >= 0.3 is 0 Å². The van der Waals surface area contributed by atoms with Crippen LogP contribution in [0.25, 0.3) is 16.7 Å². The zero-order valence-electron chi connectivity index (χ0n) is 10.4. The van der Waals surface area contributed by atoms with Gasteiger partial charge < -0.3 is 4.74 Å². The molecule has 1 aromatic carbocycles. The number of aromatic nitrogens is 2. The van der Waals surface area contributed by atoms with Crippen LogP contribution < -0.4 is 4.74 Å². The molecule has 4 nitrogen and oxygen atoms in total. The number of ether oxygens (including phenoxy) is 1. The third-order valence-corrected chi connectivity index (χ3v) is 3.03. The normalized spacial score (nSPS) is 10.3. The fraction of sp³-hybridized carbons (Fsp3) is 0.0667. The van der Waals surface area contributed by atoms with Crippen molar-refractivity contribution in [3.05, 3.63) is 54.4 Å². The molecule has 0 aliphatic heterocycles. The first kappa shape index (κ1) is 11.3. The molecule has 0 amide bonds. The van der Waals surface area contributed by atoms with Crippen LogP contribution in [0.2, 0.25) is 0 Å². The smallest absolute Gasteiger partial charge is 0.145 e. The number of benzene rings is 1. The molecular formula is C15H11N3O. The number of nitrogens with zero attached hydrogens (tertiary/aromatic N) is 3. The van der Waals surface area contributed by atoms with Crippen molar-refractivity contribution in [2.75, 3.05) is 7.11 Å². The van der Waals surface area contributed by atoms with E-state index in [1.54, 1.807) is 19.5 Å². The number of rotatable bonds is 2. The molecule has 4 heteroatoms. The Morgan fingerprint density at radius 3 is 2.68 bits per heavy atom. The van der Waals surface area contributed by atoms with Crippen LogP contribution in [0.4, 0.5) is 0 Å². The summed E-state index contributed by atoms with van der Waals surface area (Å²) in [6, 6.07) is 13.6. The minimum atomic E-state index is 0.624. The van der Waals surface area contributed by atoms with Crippen LogP contribution in [0.3, 0.4) is 0 Å². The van der Waals surface area contributed by atoms with Crippen LogP contribution in [-0.2, 0) is 0 Å². The van der Waals surface area contributed by atoms with Crippen LogP contribution in [-0.4, -0.2) is 16.7 Å². The van der Waals surface area contributed by atoms with E-state index in [1.807, 2.05) is 41.0 Å². The zero-order chi connectivity index (χ0) is 13.2. The molecule has 3 rings (SSSR count). The Morgan fingerprint density at radius 1 is 1.21 bits per heavy atom. The first-order chi connectivity index (χ1) is 9.33. The minimum absolute atomic E-state index is 0.624. The summed E-state index contributed by atoms with van der Waals surface area (Å²) in [5.41, 5.74) is 2.36. The molecule has 2 aromatic heterocycles. The highest BCUT2D eigenvalue weighted by atomic mass is 16.5. The lowest BCUT2D eigenvalue weighted by Gasteiger charge is -2.05. The number of hydrogen-bond donors (Lipinski definition) is 0. The third-order valence-electron chi connectivity index (χ3n) is 3.03. The van der Waals surface area contributed by atoms with E-state index in [4.69, 9.17) is 10.00 Å². The second kappa shape index (κ2) is 4.46. The molecule has 0 atom stereocenters. The molecule has 2 heterocycles. The molecule has 0 fully saturated rings. The Labute approximate surface area is 110 Å². The van der Waals surface area contributed by atoms with Gasteiger partial charge in [0.1, 0.15) is 17.5 Å². The Balaban J connectivity index is 2.22. The summed E-state index contributed by atoms with van der Waals surface area (Å²) in [4.78, 5) is 4.35. The number of pyridine rings is 1. The summed E-state index contributed by atoms with van der Waals surface area (Å²) >= 11 is 0. The van der Waals surface area contributed by atoms with Crippen molar-refractivity contribution in [1.82, 2.24) is 9.55 Å². The van der Waals surface area contributed by atoms with Gasteiger partial charge in [-0.25, -0.2) is 4.98 Å². The first-order valence-electron chi connectivity index (χ1n) is 5.84. The van der Waals surface area contributed by atoms with Gasteiger partial charge in [0.25, 0.3) is 0 Å². The molecule has 0 saturated carbocycles. The topological polar surface area (TPSA) is 50.8 Å². The van der Waals surface area contributed by atoms with Crippen molar-refractivity contribution in [1.29, 1.82) is 5.26 Å². The van der Waals surface area contributed by atoms with Gasteiger partial charge in [0.2, 0.25) is 0 Å². The van der Waals surface area contributed by atoms with E-state index >= 15 is 0 Å². The van der Waals surface area contributed by atoms with E-state index in [9.17, 15) is 0 Å². The summed E-state index contributed by atoms with van der Waals surface area (Å²) in [5.74, 6) is 0.800. The molecule has 3 aromatic rings. The molecule has 0 aliphatic carbocycles. The fourth-order valence-corrected chi connectivity index (χ4v) is 2.09. The van der Waals surface area contributed by atoms with Gasteiger partial charge in [-0.1, -0.05) is 0 Å². The van der Waals surface area contributed by atoms with Gasteiger partial charge in [-0.3, -0.25) is 4.57 Å². The molecule has 0 N–H and O–H groups in total. The van der Waals surface area contributed by atoms with E-state index in [-0.39, 0.29) is 0 Å². The molecule has 0 bridgehead atoms. The van der Waals surface area contributed by atoms with Crippen LogP contribution in [0, 0.1) is 11.3 Å². The van der Waals surface area contributed by atoms with E-state index in [2.05, 4.69) is 11.1 Å². The van der Waals surface area contributed by atoms with E-state index in [0.717, 1.165) is 22.5 Å². The first-order valence-corrected chi connectivity index (χ1v) is 5.84. The van der Waals surface area contributed by atoms with Gasteiger partial charge in [-0.05, 0) is 36.4 Å². The number of nitriles is 1. The molecule has 0 radical (unpaired) electrons. The molecule has 92 valence electrons. The SMILES string of the molecule is COc1ccc(-n2cc(C#N)c3cccnc32)cc1. The second-order valence-electron chi connectivity index (χ2n) is 4.10. The molecule has 0 unspecified atom stereocenters. The predicted octanol–water partition coefficient (Wildman–Crippen LogP) is 2.91. The van der Waals surface area contributed by atoms with Crippen molar-refractivity contribution in [2.24, 2.45) is 0 Å². The standard InChI is InChI=1S/C15H11N3O/c1-19-13-6-4-12(5-7-13)18-10-11(9-16)14-3-2-8-17-15(14)18/h2-8,10H,1H3. The van der Waals surface area contributed by atoms with Crippen molar-refractivity contribution >= 4 is 11.0 Å². The average Bonchev–Trinajstić information content (AvgIpc) is 2.86. The quantitative estimate of drug-likeness (QED) is 0.701. The third kappa shape index (κ3) is 1.81. The van der Waals surface area contributed by atoms with Crippen LogP contribution >= 0.6 is 0 Å². The molecule has 0 saturated heterocycles. The number of hydrogen-bond acceptors (Lipinski definition) is 3. The molecule has 0 aliphatic rings. The van der Waals surface area contributed by atoms with E-state index < -0.39 is 0 Å². The summed E-state index contributed by atoms with van der Waals surface area (Å²) in [6.45, 7) is 0. The van der Waals surface area contributed by atoms with Crippen molar-refractivity contribution in [2.45, 2.75) is 0 Å². The lowest BCUT2D eigenvalue weighted by Crippen LogP contribution is -1.93. The highest BCUT2D eigenvalue weighted by Gasteiger charge is 2.09. The highest BCUT2D eigenvalue weighted by Crippen LogP contribution is 2.23. The number of methoxy groups -OCH3 is 1. The van der Waals surface area contributed by atoms with Gasteiger partial charge in [-0.15, -0.1) is 0 Å². The van der Waals surface area contributed by atoms with Gasteiger partial charge in [0.05, 0.1) is 12.7 Å². The summed E-state index contributed by atoms with van der Waals surface area (Å²) < 4.78 is 7.05. The number of fused-ring (bicyclic) bond motifs is 1. The van der Waals surface area contributed by atoms with Crippen molar-refractivity contribution in [3.63, 3.8) is 0 Å². The second-order valence-corrected chi connectivity index (χ2v) is 4.10. The Hall–Kier alpha value is -2.80. The molecule has 0 spiro atoms. The van der Waals surface area contributed by atoms with Crippen LogP contribution in [0.15, 0.2) is 48.8 Å². The summed E-state index contributed by atoms with van der Waals surface area (Å²) in [7, 11) is 1.63. The van der Waals surface area contributed by atoms with E-state index in [0.29, 0.717) is 5.56 Å². The van der Waals surface area contributed by atoms with E-state index in [1.165, 1.54) is 0 Å². The monoisotopic (exact) mass is 249 g/mol. The Bertz CT molecular complexity index is 766. The lowest BCUT2D eigenvalue weighted by molar-refractivity contribution is 0.415. The van der Waals surface area contributed by atoms with Gasteiger partial charge in [0.15, 0.2) is 0 Å². The lowest BCUT2D eigenvalue weighted by atomic mass is 10.2. The highest BCUT2D eigenvalue weighted by molar-refractivity contribution is 5.84. The van der Waals surface area contributed by atoms with Crippen molar-refractivity contribution in [3.8, 4) is 17.5 Å². The fourth-order valence-electron chi connectivity index (χ4n) is 2.09. The zero-order valence-corrected chi connectivity index (χ0v) is 10.4. The maximum absolute atomic E-state index is 9.17. The van der Waals surface area contributed by atoms with Gasteiger partial charge in [0, 0.05) is 23.5 Å². The summed E-state index contributed by atoms with van der Waals surface area (Å²) in [6.07, 6.45) is 3.53. The Morgan fingerprint density at radius 2 is 2.00 bits per heavy atom. The minimum Gasteiger partial charge on any atom is -0.497 e. The predicted molar refractivity (Wildman–Crippen MR) is 72.3 cm³/mol.